The Kier molecular flexibility index (Phi) is 9.96. The summed E-state index contributed by atoms with van der Waals surface area (Å²) in [6.45, 7) is 1.70. The number of methoxy groups -OCH3 is 1. The topological polar surface area (TPSA) is 79.5 Å². The van der Waals surface area contributed by atoms with Crippen LogP contribution in [0, 0.1) is 0 Å². The summed E-state index contributed by atoms with van der Waals surface area (Å²) >= 11 is 6.27. The fraction of sp³-hybridized carbons (Fsp3) is 0.440. The lowest BCUT2D eigenvalue weighted by Crippen LogP contribution is -2.42. The molecule has 6 nitrogen and oxygen atoms in total. The second-order valence-corrected chi connectivity index (χ2v) is 9.81. The standard InChI is InChI=1S/C25H33N3O3S2/c1-31-25(30)21(11-13-33-2)28-24(29)20-15-19(27-16-22-23(32)10-12-26-22)9-8-18(20)14-17-6-4-3-5-7-17/h3-9,15,21-23,26-27,32H,10-14,16H2,1-2H3,(H,28,29)/t21-,22?,23?/m0/s1. The van der Waals surface area contributed by atoms with Crippen molar-refractivity contribution in [1.82, 2.24) is 10.6 Å². The maximum Gasteiger partial charge on any atom is 0.328 e. The van der Waals surface area contributed by atoms with Crippen LogP contribution in [0.25, 0.3) is 0 Å². The molecule has 3 N–H and O–H groups in total. The van der Waals surface area contributed by atoms with Gasteiger partial charge in [0, 0.05) is 29.1 Å². The van der Waals surface area contributed by atoms with Crippen LogP contribution in [-0.4, -0.2) is 61.4 Å². The van der Waals surface area contributed by atoms with Gasteiger partial charge in [0.1, 0.15) is 6.04 Å². The molecule has 1 amide bonds. The monoisotopic (exact) mass is 487 g/mol. The van der Waals surface area contributed by atoms with Gasteiger partial charge >= 0.3 is 5.97 Å². The normalized spacial score (nSPS) is 18.5. The van der Waals surface area contributed by atoms with Crippen molar-refractivity contribution in [2.45, 2.75) is 36.6 Å². The molecular weight excluding hydrogens is 454 g/mol. The molecule has 0 radical (unpaired) electrons. The van der Waals surface area contributed by atoms with Gasteiger partial charge in [-0.05, 0) is 61.1 Å². The SMILES string of the molecule is COC(=O)[C@H](CCSC)NC(=O)c1cc(NCC2NCCC2S)ccc1Cc1ccccc1. The Balaban J connectivity index is 1.81. The lowest BCUT2D eigenvalue weighted by atomic mass is 9.98. The Labute approximate surface area is 206 Å². The van der Waals surface area contributed by atoms with E-state index in [-0.39, 0.29) is 11.9 Å². The maximum absolute atomic E-state index is 13.3. The predicted molar refractivity (Wildman–Crippen MR) is 140 cm³/mol. The Morgan fingerprint density at radius 1 is 1.24 bits per heavy atom. The molecule has 1 saturated heterocycles. The first-order valence-corrected chi connectivity index (χ1v) is 13.1. The van der Waals surface area contributed by atoms with Crippen molar-refractivity contribution >= 4 is 42.0 Å². The van der Waals surface area contributed by atoms with Crippen LogP contribution >= 0.6 is 24.4 Å². The second kappa shape index (κ2) is 12.9. The summed E-state index contributed by atoms with van der Waals surface area (Å²) in [7, 11) is 1.34. The Bertz CT molecular complexity index is 926. The van der Waals surface area contributed by atoms with Crippen molar-refractivity contribution < 1.29 is 14.3 Å². The smallest absolute Gasteiger partial charge is 0.328 e. The third kappa shape index (κ3) is 7.42. The third-order valence-corrected chi connectivity index (χ3v) is 7.09. The molecule has 0 spiro atoms. The van der Waals surface area contributed by atoms with Crippen LogP contribution < -0.4 is 16.0 Å². The largest absolute Gasteiger partial charge is 0.467 e. The Morgan fingerprint density at radius 3 is 2.70 bits per heavy atom. The highest BCUT2D eigenvalue weighted by atomic mass is 32.2. The maximum atomic E-state index is 13.3. The fourth-order valence-electron chi connectivity index (χ4n) is 3.92. The van der Waals surface area contributed by atoms with E-state index in [9.17, 15) is 9.59 Å². The molecule has 2 unspecified atom stereocenters. The molecule has 0 aliphatic carbocycles. The zero-order valence-corrected chi connectivity index (χ0v) is 20.9. The number of anilines is 1. The molecule has 2 aromatic rings. The summed E-state index contributed by atoms with van der Waals surface area (Å²) < 4.78 is 4.91. The summed E-state index contributed by atoms with van der Waals surface area (Å²) in [6.07, 6.45) is 4.16. The van der Waals surface area contributed by atoms with Gasteiger partial charge in [0.05, 0.1) is 7.11 Å². The van der Waals surface area contributed by atoms with E-state index >= 15 is 0 Å². The van der Waals surface area contributed by atoms with E-state index in [1.54, 1.807) is 11.8 Å². The van der Waals surface area contributed by atoms with E-state index in [4.69, 9.17) is 4.74 Å². The van der Waals surface area contributed by atoms with E-state index in [0.29, 0.717) is 23.7 Å². The number of thiol groups is 1. The number of benzene rings is 2. The van der Waals surface area contributed by atoms with Crippen LogP contribution in [0.4, 0.5) is 5.69 Å². The quantitative estimate of drug-likeness (QED) is 0.288. The Hall–Kier alpha value is -2.16. The summed E-state index contributed by atoms with van der Waals surface area (Å²) in [5.74, 6) is 0.0493. The zero-order chi connectivity index (χ0) is 23.6. The number of esters is 1. The Morgan fingerprint density at radius 2 is 2.03 bits per heavy atom. The van der Waals surface area contributed by atoms with E-state index in [0.717, 1.165) is 42.1 Å². The molecule has 1 fully saturated rings. The van der Waals surface area contributed by atoms with Crippen molar-refractivity contribution in [3.8, 4) is 0 Å². The molecule has 0 aromatic heterocycles. The number of amides is 1. The van der Waals surface area contributed by atoms with Crippen molar-refractivity contribution in [3.63, 3.8) is 0 Å². The summed E-state index contributed by atoms with van der Waals surface area (Å²) in [4.78, 5) is 25.6. The first-order chi connectivity index (χ1) is 16.0. The molecule has 1 aliphatic rings. The van der Waals surface area contributed by atoms with Gasteiger partial charge in [-0.2, -0.15) is 24.4 Å². The molecule has 3 atom stereocenters. The highest BCUT2D eigenvalue weighted by molar-refractivity contribution is 7.98. The summed E-state index contributed by atoms with van der Waals surface area (Å²) in [6, 6.07) is 15.5. The van der Waals surface area contributed by atoms with Crippen LogP contribution in [0.1, 0.15) is 34.3 Å². The van der Waals surface area contributed by atoms with Gasteiger partial charge in [-0.15, -0.1) is 0 Å². The van der Waals surface area contributed by atoms with Crippen LogP contribution in [-0.2, 0) is 16.0 Å². The lowest BCUT2D eigenvalue weighted by Gasteiger charge is -2.20. The fourth-order valence-corrected chi connectivity index (χ4v) is 4.73. The molecular formula is C25H33N3O3S2. The minimum absolute atomic E-state index is 0.271. The summed E-state index contributed by atoms with van der Waals surface area (Å²) in [5.41, 5.74) is 3.45. The lowest BCUT2D eigenvalue weighted by molar-refractivity contribution is -0.142. The first kappa shape index (κ1) is 25.5. The van der Waals surface area contributed by atoms with Gasteiger partial charge in [-0.25, -0.2) is 4.79 Å². The minimum Gasteiger partial charge on any atom is -0.467 e. The number of ether oxygens (including phenoxy) is 1. The van der Waals surface area contributed by atoms with Gasteiger partial charge in [-0.3, -0.25) is 4.79 Å². The van der Waals surface area contributed by atoms with E-state index < -0.39 is 12.0 Å². The summed E-state index contributed by atoms with van der Waals surface area (Å²) in [5, 5.41) is 10.1. The number of hydrogen-bond donors (Lipinski definition) is 4. The average molecular weight is 488 g/mol. The van der Waals surface area contributed by atoms with Gasteiger partial charge in [0.15, 0.2) is 0 Å². The van der Waals surface area contributed by atoms with Crippen LogP contribution in [0.5, 0.6) is 0 Å². The molecule has 1 aliphatic heterocycles. The van der Waals surface area contributed by atoms with Crippen molar-refractivity contribution in [2.75, 3.05) is 37.5 Å². The van der Waals surface area contributed by atoms with E-state index in [2.05, 4.69) is 28.6 Å². The molecule has 8 heteroatoms. The van der Waals surface area contributed by atoms with Crippen LogP contribution in [0.2, 0.25) is 0 Å². The minimum atomic E-state index is -0.677. The highest BCUT2D eigenvalue weighted by Gasteiger charge is 2.25. The molecule has 3 rings (SSSR count). The average Bonchev–Trinajstić information content (AvgIpc) is 3.25. The van der Waals surface area contributed by atoms with Crippen molar-refractivity contribution in [1.29, 1.82) is 0 Å². The first-order valence-electron chi connectivity index (χ1n) is 11.2. The molecule has 0 saturated carbocycles. The van der Waals surface area contributed by atoms with E-state index in [1.165, 1.54) is 7.11 Å². The number of nitrogens with one attached hydrogen (secondary N) is 3. The van der Waals surface area contributed by atoms with Crippen LogP contribution in [0.3, 0.4) is 0 Å². The zero-order valence-electron chi connectivity index (χ0n) is 19.2. The molecule has 0 bridgehead atoms. The number of hydrogen-bond acceptors (Lipinski definition) is 7. The number of rotatable bonds is 11. The van der Waals surface area contributed by atoms with Crippen molar-refractivity contribution in [2.24, 2.45) is 0 Å². The van der Waals surface area contributed by atoms with Gasteiger partial charge in [0.2, 0.25) is 0 Å². The number of carbonyl (C=O) groups is 2. The molecule has 2 aromatic carbocycles. The third-order valence-electron chi connectivity index (χ3n) is 5.83. The predicted octanol–water partition coefficient (Wildman–Crippen LogP) is 3.37. The molecule has 1 heterocycles. The van der Waals surface area contributed by atoms with E-state index in [1.807, 2.05) is 54.8 Å². The number of carbonyl (C=O) groups excluding carboxylic acids is 2. The van der Waals surface area contributed by atoms with Crippen molar-refractivity contribution in [3.05, 3.63) is 65.2 Å². The molecule has 178 valence electrons. The van der Waals surface area contributed by atoms with Gasteiger partial charge in [-0.1, -0.05) is 36.4 Å². The van der Waals surface area contributed by atoms with Crippen LogP contribution in [0.15, 0.2) is 48.5 Å². The molecule has 33 heavy (non-hydrogen) atoms. The number of thioether (sulfide) groups is 1. The van der Waals surface area contributed by atoms with Gasteiger partial charge in [0.25, 0.3) is 5.91 Å². The highest BCUT2D eigenvalue weighted by Crippen LogP contribution is 2.21. The van der Waals surface area contributed by atoms with Gasteiger partial charge < -0.3 is 20.7 Å². The second-order valence-electron chi connectivity index (χ2n) is 8.16.